The number of carbonyl (C=O) groups is 1. The molecule has 1 aliphatic carbocycles. The molecule has 1 aromatic carbocycles. The van der Waals surface area contributed by atoms with Crippen molar-refractivity contribution < 1.29 is 18.0 Å². The third-order valence-corrected chi connectivity index (χ3v) is 4.45. The van der Waals surface area contributed by atoms with E-state index in [-0.39, 0.29) is 6.04 Å². The van der Waals surface area contributed by atoms with Gasteiger partial charge in [-0.3, -0.25) is 4.79 Å². The van der Waals surface area contributed by atoms with E-state index in [1.807, 2.05) is 0 Å². The Hall–Kier alpha value is -1.76. The van der Waals surface area contributed by atoms with Gasteiger partial charge in [0.25, 0.3) is 5.91 Å². The molecule has 0 atom stereocenters. The molecule has 3 nitrogen and oxygen atoms in total. The van der Waals surface area contributed by atoms with E-state index in [1.54, 1.807) is 24.3 Å². The number of anilines is 1. The van der Waals surface area contributed by atoms with Crippen LogP contribution in [0.2, 0.25) is 0 Å². The first-order chi connectivity index (χ1) is 9.83. The van der Waals surface area contributed by atoms with E-state index in [0.29, 0.717) is 23.4 Å². The van der Waals surface area contributed by atoms with E-state index in [4.69, 9.17) is 5.73 Å². The molecule has 2 N–H and O–H groups in total. The second kappa shape index (κ2) is 4.91. The quantitative estimate of drug-likeness (QED) is 0.879. The highest BCUT2D eigenvalue weighted by Crippen LogP contribution is 2.34. The molecule has 1 saturated carbocycles. The average Bonchev–Trinajstić information content (AvgIpc) is 3.13. The maximum absolute atomic E-state index is 12.6. The lowest BCUT2D eigenvalue weighted by Gasteiger charge is -2.23. The maximum atomic E-state index is 12.6. The lowest BCUT2D eigenvalue weighted by Crippen LogP contribution is -2.40. The van der Waals surface area contributed by atoms with Gasteiger partial charge in [-0.1, -0.05) is 0 Å². The fraction of sp³-hybridized carbons (Fsp3) is 0.357. The first kappa shape index (κ1) is 14.2. The molecule has 0 aliphatic heterocycles. The molecule has 0 bridgehead atoms. The Labute approximate surface area is 123 Å². The van der Waals surface area contributed by atoms with E-state index in [1.165, 1.54) is 11.3 Å². The summed E-state index contributed by atoms with van der Waals surface area (Å²) < 4.78 is 38.7. The number of hydrogen-bond donors (Lipinski definition) is 1. The summed E-state index contributed by atoms with van der Waals surface area (Å²) in [5.74, 6) is -0.547. The summed E-state index contributed by atoms with van der Waals surface area (Å²) in [6.45, 7) is -1.19. The van der Waals surface area contributed by atoms with Crippen LogP contribution in [0, 0.1) is 0 Å². The van der Waals surface area contributed by atoms with Crippen LogP contribution in [0.5, 0.6) is 0 Å². The standard InChI is InChI=1S/C14H13F3N2OS/c15-14(16,17)7-19(10-2-3-10)13(20)12-6-8-5-9(18)1-4-11(8)21-12/h1,4-6,10H,2-3,7,18H2. The number of halogens is 3. The molecule has 3 rings (SSSR count). The van der Waals surface area contributed by atoms with Crippen LogP contribution < -0.4 is 5.73 Å². The van der Waals surface area contributed by atoms with Crippen LogP contribution in [0.3, 0.4) is 0 Å². The number of fused-ring (bicyclic) bond motifs is 1. The highest BCUT2D eigenvalue weighted by atomic mass is 32.1. The van der Waals surface area contributed by atoms with Gasteiger partial charge in [0.2, 0.25) is 0 Å². The lowest BCUT2D eigenvalue weighted by atomic mass is 10.2. The van der Waals surface area contributed by atoms with Crippen molar-refractivity contribution in [3.05, 3.63) is 29.1 Å². The van der Waals surface area contributed by atoms with Gasteiger partial charge >= 0.3 is 6.18 Å². The Bertz CT molecular complexity index is 691. The van der Waals surface area contributed by atoms with Gasteiger partial charge in [-0.15, -0.1) is 11.3 Å². The normalized spacial score (nSPS) is 15.4. The molecule has 0 saturated heterocycles. The summed E-state index contributed by atoms with van der Waals surface area (Å²) in [7, 11) is 0. The zero-order chi connectivity index (χ0) is 15.2. The number of rotatable bonds is 3. The zero-order valence-corrected chi connectivity index (χ0v) is 11.8. The number of benzene rings is 1. The SMILES string of the molecule is Nc1ccc2sc(C(=O)N(CC(F)(F)F)C3CC3)cc2c1. The smallest absolute Gasteiger partial charge is 0.399 e. The minimum Gasteiger partial charge on any atom is -0.399 e. The fourth-order valence-corrected chi connectivity index (χ4v) is 3.25. The number of nitrogens with two attached hydrogens (primary N) is 1. The molecule has 1 aromatic heterocycles. The van der Waals surface area contributed by atoms with Crippen molar-refractivity contribution in [1.82, 2.24) is 4.90 Å². The first-order valence-corrected chi connectivity index (χ1v) is 7.32. The summed E-state index contributed by atoms with van der Waals surface area (Å²) in [5, 5.41) is 0.783. The number of carbonyl (C=O) groups excluding carboxylic acids is 1. The van der Waals surface area contributed by atoms with Gasteiger partial charge in [-0.2, -0.15) is 13.2 Å². The van der Waals surface area contributed by atoms with Crippen molar-refractivity contribution >= 4 is 33.0 Å². The average molecular weight is 314 g/mol. The Morgan fingerprint density at radius 3 is 2.67 bits per heavy atom. The van der Waals surface area contributed by atoms with Crippen molar-refractivity contribution in [2.45, 2.75) is 25.1 Å². The van der Waals surface area contributed by atoms with Crippen molar-refractivity contribution in [2.75, 3.05) is 12.3 Å². The van der Waals surface area contributed by atoms with Gasteiger partial charge in [0.05, 0.1) is 4.88 Å². The van der Waals surface area contributed by atoms with Gasteiger partial charge < -0.3 is 10.6 Å². The molecule has 0 radical (unpaired) electrons. The lowest BCUT2D eigenvalue weighted by molar-refractivity contribution is -0.141. The minimum absolute atomic E-state index is 0.283. The summed E-state index contributed by atoms with van der Waals surface area (Å²) in [6, 6.07) is 6.53. The second-order valence-corrected chi connectivity index (χ2v) is 6.27. The molecule has 1 aliphatic rings. The number of amides is 1. The fourth-order valence-electron chi connectivity index (χ4n) is 2.25. The minimum atomic E-state index is -4.38. The van der Waals surface area contributed by atoms with Crippen LogP contribution in [0.15, 0.2) is 24.3 Å². The second-order valence-electron chi connectivity index (χ2n) is 5.19. The molecule has 0 spiro atoms. The van der Waals surface area contributed by atoms with Gasteiger partial charge in [-0.05, 0) is 42.5 Å². The van der Waals surface area contributed by atoms with Gasteiger partial charge in [-0.25, -0.2) is 0 Å². The van der Waals surface area contributed by atoms with Gasteiger partial charge in [0, 0.05) is 16.4 Å². The van der Waals surface area contributed by atoms with Crippen LogP contribution >= 0.6 is 11.3 Å². The monoisotopic (exact) mass is 314 g/mol. The van der Waals surface area contributed by atoms with E-state index in [0.717, 1.165) is 15.0 Å². The highest BCUT2D eigenvalue weighted by Gasteiger charge is 2.41. The maximum Gasteiger partial charge on any atom is 0.406 e. The predicted molar refractivity (Wildman–Crippen MR) is 76.4 cm³/mol. The predicted octanol–water partition coefficient (Wildman–Crippen LogP) is 3.65. The van der Waals surface area contributed by atoms with Crippen LogP contribution in [0.4, 0.5) is 18.9 Å². The van der Waals surface area contributed by atoms with E-state index < -0.39 is 18.6 Å². The summed E-state index contributed by atoms with van der Waals surface area (Å²) >= 11 is 1.20. The first-order valence-electron chi connectivity index (χ1n) is 6.50. The number of hydrogen-bond acceptors (Lipinski definition) is 3. The van der Waals surface area contributed by atoms with Crippen molar-refractivity contribution in [2.24, 2.45) is 0 Å². The van der Waals surface area contributed by atoms with Crippen molar-refractivity contribution in [3.63, 3.8) is 0 Å². The van der Waals surface area contributed by atoms with Crippen LogP contribution in [0.1, 0.15) is 22.5 Å². The van der Waals surface area contributed by atoms with E-state index in [2.05, 4.69) is 0 Å². The Morgan fingerprint density at radius 1 is 1.33 bits per heavy atom. The zero-order valence-electron chi connectivity index (χ0n) is 11.0. The third kappa shape index (κ3) is 3.12. The number of nitrogens with zero attached hydrogens (tertiary/aromatic N) is 1. The van der Waals surface area contributed by atoms with Crippen LogP contribution in [0.25, 0.3) is 10.1 Å². The largest absolute Gasteiger partial charge is 0.406 e. The molecule has 0 unspecified atom stereocenters. The topological polar surface area (TPSA) is 46.3 Å². The molecular formula is C14H13F3N2OS. The van der Waals surface area contributed by atoms with Crippen LogP contribution in [-0.4, -0.2) is 29.6 Å². The number of nitrogen functional groups attached to an aromatic ring is 1. The Balaban J connectivity index is 1.90. The molecule has 1 amide bonds. The molecular weight excluding hydrogens is 301 g/mol. The van der Waals surface area contributed by atoms with Crippen LogP contribution in [-0.2, 0) is 0 Å². The summed E-state index contributed by atoms with van der Waals surface area (Å²) in [5.41, 5.74) is 6.23. The molecule has 21 heavy (non-hydrogen) atoms. The van der Waals surface area contributed by atoms with Gasteiger partial charge in [0.1, 0.15) is 6.54 Å². The van der Waals surface area contributed by atoms with Crippen molar-refractivity contribution in [3.8, 4) is 0 Å². The van der Waals surface area contributed by atoms with Gasteiger partial charge in [0.15, 0.2) is 0 Å². The third-order valence-electron chi connectivity index (χ3n) is 3.35. The van der Waals surface area contributed by atoms with E-state index in [9.17, 15) is 18.0 Å². The molecule has 1 heterocycles. The molecule has 7 heteroatoms. The Morgan fingerprint density at radius 2 is 2.05 bits per heavy atom. The van der Waals surface area contributed by atoms with Crippen molar-refractivity contribution in [1.29, 1.82) is 0 Å². The molecule has 112 valence electrons. The van der Waals surface area contributed by atoms with E-state index >= 15 is 0 Å². The summed E-state index contributed by atoms with van der Waals surface area (Å²) in [6.07, 6.45) is -3.10. The number of thiophene rings is 1. The number of alkyl halides is 3. The molecule has 1 fully saturated rings. The Kier molecular flexibility index (Phi) is 3.32. The summed E-state index contributed by atoms with van der Waals surface area (Å²) in [4.78, 5) is 13.6. The molecule has 2 aromatic rings. The highest BCUT2D eigenvalue weighted by molar-refractivity contribution is 7.20.